The molecule has 1 fully saturated rings. The molecule has 1 heterocycles. The lowest BCUT2D eigenvalue weighted by atomic mass is 9.96. The fourth-order valence-corrected chi connectivity index (χ4v) is 2.45. The Morgan fingerprint density at radius 3 is 3.08 bits per heavy atom. The number of ether oxygens (including phenoxy) is 1. The molecule has 1 N–H and O–H groups in total. The van der Waals surface area contributed by atoms with E-state index in [1.165, 1.54) is 7.11 Å². The molecular formula is C8H14O3S. The maximum atomic E-state index is 10.9. The molecule has 0 spiro atoms. The van der Waals surface area contributed by atoms with Crippen molar-refractivity contribution < 1.29 is 14.6 Å². The second-order valence-electron chi connectivity index (χ2n) is 2.97. The van der Waals surface area contributed by atoms with Gasteiger partial charge in [-0.2, -0.15) is 11.8 Å². The maximum Gasteiger partial charge on any atom is 0.305 e. The summed E-state index contributed by atoms with van der Waals surface area (Å²) >= 11 is 1.74. The van der Waals surface area contributed by atoms with E-state index in [0.29, 0.717) is 6.42 Å². The molecule has 0 amide bonds. The topological polar surface area (TPSA) is 46.5 Å². The van der Waals surface area contributed by atoms with Gasteiger partial charge in [0.2, 0.25) is 0 Å². The number of thioether (sulfide) groups is 1. The Morgan fingerprint density at radius 1 is 1.75 bits per heavy atom. The minimum absolute atomic E-state index is 0.110. The van der Waals surface area contributed by atoms with Gasteiger partial charge in [0.25, 0.3) is 0 Å². The zero-order valence-electron chi connectivity index (χ0n) is 7.16. The predicted octanol–water partition coefficient (Wildman–Crippen LogP) is 0.663. The molecule has 0 unspecified atom stereocenters. The molecule has 70 valence electrons. The normalized spacial score (nSPS) is 29.8. The molecule has 1 aliphatic heterocycles. The molecule has 12 heavy (non-hydrogen) atoms. The van der Waals surface area contributed by atoms with Gasteiger partial charge in [-0.05, 0) is 18.1 Å². The van der Waals surface area contributed by atoms with Crippen LogP contribution in [-0.2, 0) is 9.53 Å². The summed E-state index contributed by atoms with van der Waals surface area (Å²) in [6, 6.07) is 0. The average molecular weight is 190 g/mol. The molecule has 0 radical (unpaired) electrons. The number of carbonyl (C=O) groups excluding carboxylic acids is 1. The van der Waals surface area contributed by atoms with Gasteiger partial charge in [0.15, 0.2) is 0 Å². The van der Waals surface area contributed by atoms with Crippen LogP contribution >= 0.6 is 11.8 Å². The highest BCUT2D eigenvalue weighted by Crippen LogP contribution is 2.25. The summed E-state index contributed by atoms with van der Waals surface area (Å²) in [5.74, 6) is 1.69. The van der Waals surface area contributed by atoms with Crippen LogP contribution in [0.15, 0.2) is 0 Å². The quantitative estimate of drug-likeness (QED) is 0.650. The number of carbonyl (C=O) groups is 1. The third kappa shape index (κ3) is 2.68. The summed E-state index contributed by atoms with van der Waals surface area (Å²) in [5, 5.41) is 9.48. The lowest BCUT2D eigenvalue weighted by molar-refractivity contribution is -0.142. The second kappa shape index (κ2) is 4.72. The zero-order chi connectivity index (χ0) is 8.97. The van der Waals surface area contributed by atoms with Gasteiger partial charge >= 0.3 is 5.97 Å². The van der Waals surface area contributed by atoms with Crippen LogP contribution in [0.2, 0.25) is 0 Å². The van der Waals surface area contributed by atoms with E-state index in [9.17, 15) is 9.90 Å². The predicted molar refractivity (Wildman–Crippen MR) is 48.1 cm³/mol. The molecule has 0 bridgehead atoms. The summed E-state index contributed by atoms with van der Waals surface area (Å²) in [7, 11) is 1.38. The van der Waals surface area contributed by atoms with E-state index >= 15 is 0 Å². The summed E-state index contributed by atoms with van der Waals surface area (Å²) in [6.45, 7) is 0. The van der Waals surface area contributed by atoms with E-state index in [4.69, 9.17) is 0 Å². The first-order valence-corrected chi connectivity index (χ1v) is 5.22. The fourth-order valence-electron chi connectivity index (χ4n) is 1.30. The van der Waals surface area contributed by atoms with Crippen molar-refractivity contribution in [3.8, 4) is 0 Å². The highest BCUT2D eigenvalue weighted by molar-refractivity contribution is 7.99. The van der Waals surface area contributed by atoms with Gasteiger partial charge in [0, 0.05) is 5.75 Å². The number of aliphatic hydroxyl groups is 1. The molecule has 0 aromatic carbocycles. The van der Waals surface area contributed by atoms with E-state index in [2.05, 4.69) is 4.74 Å². The SMILES string of the molecule is COC(=O)C[C@H]1CCSC[C@@H]1O. The number of hydrogen-bond acceptors (Lipinski definition) is 4. The van der Waals surface area contributed by atoms with Crippen LogP contribution in [0.1, 0.15) is 12.8 Å². The highest BCUT2D eigenvalue weighted by atomic mass is 32.2. The smallest absolute Gasteiger partial charge is 0.305 e. The Balaban J connectivity index is 2.33. The molecule has 0 aromatic rings. The average Bonchev–Trinajstić information content (AvgIpc) is 2.09. The molecule has 0 saturated carbocycles. The van der Waals surface area contributed by atoms with Crippen LogP contribution < -0.4 is 0 Å². The van der Waals surface area contributed by atoms with Crippen LogP contribution in [0.25, 0.3) is 0 Å². The van der Waals surface area contributed by atoms with Crippen molar-refractivity contribution in [3.05, 3.63) is 0 Å². The summed E-state index contributed by atoms with van der Waals surface area (Å²) in [6.07, 6.45) is 0.946. The van der Waals surface area contributed by atoms with Crippen molar-refractivity contribution >= 4 is 17.7 Å². The first-order chi connectivity index (χ1) is 5.74. The molecule has 4 heteroatoms. The van der Waals surface area contributed by atoms with Crippen molar-refractivity contribution in [2.75, 3.05) is 18.6 Å². The van der Waals surface area contributed by atoms with Crippen molar-refractivity contribution in [3.63, 3.8) is 0 Å². The third-order valence-electron chi connectivity index (χ3n) is 2.12. The van der Waals surface area contributed by atoms with Crippen LogP contribution in [0.3, 0.4) is 0 Å². The summed E-state index contributed by atoms with van der Waals surface area (Å²) in [5.41, 5.74) is 0. The van der Waals surface area contributed by atoms with E-state index in [1.807, 2.05) is 0 Å². The van der Waals surface area contributed by atoms with Crippen LogP contribution in [0.4, 0.5) is 0 Å². The van der Waals surface area contributed by atoms with Gasteiger partial charge in [-0.15, -0.1) is 0 Å². The number of methoxy groups -OCH3 is 1. The highest BCUT2D eigenvalue weighted by Gasteiger charge is 2.25. The van der Waals surface area contributed by atoms with E-state index in [0.717, 1.165) is 17.9 Å². The Bertz CT molecular complexity index is 160. The summed E-state index contributed by atoms with van der Waals surface area (Å²) in [4.78, 5) is 10.9. The summed E-state index contributed by atoms with van der Waals surface area (Å²) < 4.78 is 4.54. The van der Waals surface area contributed by atoms with E-state index in [1.54, 1.807) is 11.8 Å². The van der Waals surface area contributed by atoms with Crippen LogP contribution in [0.5, 0.6) is 0 Å². The van der Waals surface area contributed by atoms with E-state index in [-0.39, 0.29) is 18.0 Å². The largest absolute Gasteiger partial charge is 0.469 e. The Kier molecular flexibility index (Phi) is 3.88. The number of aliphatic hydroxyl groups excluding tert-OH is 1. The minimum Gasteiger partial charge on any atom is -0.469 e. The molecule has 0 aliphatic carbocycles. The van der Waals surface area contributed by atoms with Crippen molar-refractivity contribution in [2.24, 2.45) is 5.92 Å². The van der Waals surface area contributed by atoms with Crippen molar-refractivity contribution in [1.82, 2.24) is 0 Å². The first-order valence-electron chi connectivity index (χ1n) is 4.06. The third-order valence-corrected chi connectivity index (χ3v) is 3.22. The van der Waals surface area contributed by atoms with Gasteiger partial charge in [0.1, 0.15) is 0 Å². The molecule has 3 nitrogen and oxygen atoms in total. The Labute approximate surface area is 76.5 Å². The molecule has 2 atom stereocenters. The van der Waals surface area contributed by atoms with Crippen molar-refractivity contribution in [1.29, 1.82) is 0 Å². The monoisotopic (exact) mass is 190 g/mol. The number of rotatable bonds is 2. The molecule has 0 aromatic heterocycles. The van der Waals surface area contributed by atoms with Gasteiger partial charge < -0.3 is 9.84 Å². The molecular weight excluding hydrogens is 176 g/mol. The van der Waals surface area contributed by atoms with Crippen molar-refractivity contribution in [2.45, 2.75) is 18.9 Å². The molecule has 1 saturated heterocycles. The fraction of sp³-hybridized carbons (Fsp3) is 0.875. The lowest BCUT2D eigenvalue weighted by Gasteiger charge is -2.25. The first kappa shape index (κ1) is 9.86. The van der Waals surface area contributed by atoms with Crippen LogP contribution in [-0.4, -0.2) is 35.8 Å². The van der Waals surface area contributed by atoms with Gasteiger partial charge in [-0.1, -0.05) is 0 Å². The lowest BCUT2D eigenvalue weighted by Crippen LogP contribution is -2.29. The standard InChI is InChI=1S/C8H14O3S/c1-11-8(10)4-6-2-3-12-5-7(6)9/h6-7,9H,2-5H2,1H3/t6-,7+/m1/s1. The molecule has 1 aliphatic rings. The van der Waals surface area contributed by atoms with Gasteiger partial charge in [-0.25, -0.2) is 0 Å². The Morgan fingerprint density at radius 2 is 2.50 bits per heavy atom. The van der Waals surface area contributed by atoms with Crippen LogP contribution in [0, 0.1) is 5.92 Å². The van der Waals surface area contributed by atoms with Gasteiger partial charge in [0.05, 0.1) is 19.6 Å². The van der Waals surface area contributed by atoms with E-state index < -0.39 is 0 Å². The number of esters is 1. The second-order valence-corrected chi connectivity index (χ2v) is 4.12. The minimum atomic E-state index is -0.331. The van der Waals surface area contributed by atoms with Gasteiger partial charge in [-0.3, -0.25) is 4.79 Å². The maximum absolute atomic E-state index is 10.9. The molecule has 1 rings (SSSR count). The zero-order valence-corrected chi connectivity index (χ0v) is 7.97. The number of hydrogen-bond donors (Lipinski definition) is 1. The Hall–Kier alpha value is -0.220.